The van der Waals surface area contributed by atoms with Gasteiger partial charge in [0.2, 0.25) is 0 Å². The maximum atomic E-state index is 5.65. The molecule has 0 heterocycles. The standard InChI is InChI=1S/C28H56Cl2O9/c29-9-5-1-3-7-11-31-13-15-33-17-19-35-21-23-37-25-27-39-28-26-38-24-22-36-20-18-34-16-14-32-12-8-4-2-6-10-30/h1-28H2. The molecule has 0 fully saturated rings. The van der Waals surface area contributed by atoms with E-state index >= 15 is 0 Å². The van der Waals surface area contributed by atoms with E-state index in [4.69, 9.17) is 65.8 Å². The maximum Gasteiger partial charge on any atom is 0.0701 e. The fourth-order valence-electron chi connectivity index (χ4n) is 3.17. The van der Waals surface area contributed by atoms with Gasteiger partial charge in [0.1, 0.15) is 0 Å². The Morgan fingerprint density at radius 3 is 0.590 bits per heavy atom. The maximum absolute atomic E-state index is 5.65. The highest BCUT2D eigenvalue weighted by Crippen LogP contribution is 2.02. The van der Waals surface area contributed by atoms with E-state index < -0.39 is 0 Å². The van der Waals surface area contributed by atoms with Crippen molar-refractivity contribution in [2.24, 2.45) is 0 Å². The Balaban J connectivity index is 3.01. The minimum Gasteiger partial charge on any atom is -0.379 e. The quantitative estimate of drug-likeness (QED) is 0.0742. The van der Waals surface area contributed by atoms with Crippen LogP contribution in [-0.2, 0) is 42.6 Å². The predicted octanol–water partition coefficient (Wildman–Crippen LogP) is 4.73. The van der Waals surface area contributed by atoms with Gasteiger partial charge in [-0.25, -0.2) is 0 Å². The minimum atomic E-state index is 0.533. The van der Waals surface area contributed by atoms with Crippen LogP contribution >= 0.6 is 23.2 Å². The molecular formula is C28H56Cl2O9. The second kappa shape index (κ2) is 38.2. The van der Waals surface area contributed by atoms with E-state index in [0.29, 0.717) is 106 Å². The Bertz CT molecular complexity index is 390. The third-order valence-corrected chi connectivity index (χ3v) is 5.86. The molecule has 0 amide bonds. The summed E-state index contributed by atoms with van der Waals surface area (Å²) in [6.07, 6.45) is 9.03. The van der Waals surface area contributed by atoms with E-state index in [1.807, 2.05) is 0 Å². The molecule has 0 aliphatic rings. The first-order valence-corrected chi connectivity index (χ1v) is 15.8. The summed E-state index contributed by atoms with van der Waals surface area (Å²) in [6.45, 7) is 10.5. The molecule has 0 rings (SSSR count). The molecule has 0 unspecified atom stereocenters. The molecule has 0 spiro atoms. The molecule has 11 heteroatoms. The largest absolute Gasteiger partial charge is 0.379 e. The number of hydrogen-bond donors (Lipinski definition) is 0. The molecule has 0 aliphatic carbocycles. The fourth-order valence-corrected chi connectivity index (χ4v) is 3.54. The van der Waals surface area contributed by atoms with Crippen LogP contribution in [0, 0.1) is 0 Å². The van der Waals surface area contributed by atoms with Gasteiger partial charge in [-0.05, 0) is 25.7 Å². The number of unbranched alkanes of at least 4 members (excludes halogenated alkanes) is 6. The number of ether oxygens (including phenoxy) is 9. The lowest BCUT2D eigenvalue weighted by molar-refractivity contribution is -0.0250. The van der Waals surface area contributed by atoms with Crippen molar-refractivity contribution >= 4 is 23.2 Å². The lowest BCUT2D eigenvalue weighted by atomic mass is 10.2. The molecule has 236 valence electrons. The van der Waals surface area contributed by atoms with Crippen LogP contribution in [0.4, 0.5) is 0 Å². The second-order valence-electron chi connectivity index (χ2n) is 8.72. The number of rotatable bonds is 36. The molecule has 9 nitrogen and oxygen atoms in total. The SMILES string of the molecule is ClCCCCCCOCCOCCOCCOCCOCCOCCOCCOCCOCCCCCCCl. The highest BCUT2D eigenvalue weighted by molar-refractivity contribution is 6.18. The molecular weight excluding hydrogens is 551 g/mol. The Morgan fingerprint density at radius 2 is 0.385 bits per heavy atom. The van der Waals surface area contributed by atoms with Crippen molar-refractivity contribution in [1.82, 2.24) is 0 Å². The monoisotopic (exact) mass is 606 g/mol. The third-order valence-electron chi connectivity index (χ3n) is 5.32. The number of halogens is 2. The molecule has 0 aromatic heterocycles. The highest BCUT2D eigenvalue weighted by atomic mass is 35.5. The smallest absolute Gasteiger partial charge is 0.0701 e. The van der Waals surface area contributed by atoms with E-state index in [-0.39, 0.29) is 0 Å². The van der Waals surface area contributed by atoms with Gasteiger partial charge in [0.05, 0.1) is 106 Å². The Hall–Kier alpha value is 0.220. The average Bonchev–Trinajstić information content (AvgIpc) is 2.95. The zero-order chi connectivity index (χ0) is 28.2. The molecule has 0 atom stereocenters. The van der Waals surface area contributed by atoms with Crippen molar-refractivity contribution in [3.8, 4) is 0 Å². The molecule has 0 bridgehead atoms. The van der Waals surface area contributed by atoms with Gasteiger partial charge in [0.25, 0.3) is 0 Å². The Kier molecular flexibility index (Phi) is 38.4. The summed E-state index contributed by atoms with van der Waals surface area (Å²) in [5, 5.41) is 0. The lowest BCUT2D eigenvalue weighted by Gasteiger charge is -2.09. The number of hydrogen-bond acceptors (Lipinski definition) is 9. The van der Waals surface area contributed by atoms with Crippen molar-refractivity contribution in [1.29, 1.82) is 0 Å². The first kappa shape index (κ1) is 39.2. The highest BCUT2D eigenvalue weighted by Gasteiger charge is 1.96. The van der Waals surface area contributed by atoms with Crippen LogP contribution in [0.25, 0.3) is 0 Å². The van der Waals surface area contributed by atoms with Crippen molar-refractivity contribution < 1.29 is 42.6 Å². The van der Waals surface area contributed by atoms with Gasteiger partial charge in [-0.3, -0.25) is 0 Å². The summed E-state index contributed by atoms with van der Waals surface area (Å²) in [5.74, 6) is 1.49. The summed E-state index contributed by atoms with van der Waals surface area (Å²) in [5.41, 5.74) is 0. The number of alkyl halides is 2. The normalized spacial score (nSPS) is 11.5. The van der Waals surface area contributed by atoms with Gasteiger partial charge in [0, 0.05) is 25.0 Å². The molecule has 0 aromatic carbocycles. The molecule has 39 heavy (non-hydrogen) atoms. The predicted molar refractivity (Wildman–Crippen MR) is 156 cm³/mol. The minimum absolute atomic E-state index is 0.533. The van der Waals surface area contributed by atoms with Gasteiger partial charge < -0.3 is 42.6 Å². The van der Waals surface area contributed by atoms with Crippen molar-refractivity contribution in [2.75, 3.05) is 131 Å². The van der Waals surface area contributed by atoms with E-state index in [0.717, 1.165) is 50.7 Å². The van der Waals surface area contributed by atoms with Gasteiger partial charge >= 0.3 is 0 Å². The first-order valence-electron chi connectivity index (χ1n) is 14.7. The molecule has 0 N–H and O–H groups in total. The topological polar surface area (TPSA) is 83.1 Å². The average molecular weight is 608 g/mol. The summed E-state index contributed by atoms with van der Waals surface area (Å²) < 4.78 is 49.4. The molecule has 0 saturated heterocycles. The van der Waals surface area contributed by atoms with Crippen LogP contribution in [0.1, 0.15) is 51.4 Å². The van der Waals surface area contributed by atoms with E-state index in [9.17, 15) is 0 Å². The van der Waals surface area contributed by atoms with Crippen LogP contribution in [0.3, 0.4) is 0 Å². The van der Waals surface area contributed by atoms with Crippen LogP contribution in [0.5, 0.6) is 0 Å². The van der Waals surface area contributed by atoms with Crippen LogP contribution in [0.15, 0.2) is 0 Å². The van der Waals surface area contributed by atoms with Crippen LogP contribution in [-0.4, -0.2) is 131 Å². The zero-order valence-corrected chi connectivity index (χ0v) is 25.7. The van der Waals surface area contributed by atoms with Gasteiger partial charge in [-0.15, -0.1) is 23.2 Å². The van der Waals surface area contributed by atoms with Gasteiger partial charge in [-0.2, -0.15) is 0 Å². The Labute approximate surface area is 247 Å². The first-order chi connectivity index (χ1) is 19.4. The van der Waals surface area contributed by atoms with Crippen molar-refractivity contribution in [3.63, 3.8) is 0 Å². The van der Waals surface area contributed by atoms with E-state index in [2.05, 4.69) is 0 Å². The van der Waals surface area contributed by atoms with Crippen molar-refractivity contribution in [2.45, 2.75) is 51.4 Å². The van der Waals surface area contributed by atoms with Crippen LogP contribution in [0.2, 0.25) is 0 Å². The summed E-state index contributed by atoms with van der Waals surface area (Å²) in [7, 11) is 0. The Morgan fingerprint density at radius 1 is 0.205 bits per heavy atom. The van der Waals surface area contributed by atoms with Crippen molar-refractivity contribution in [3.05, 3.63) is 0 Å². The third kappa shape index (κ3) is 38.2. The molecule has 0 aromatic rings. The summed E-state index contributed by atoms with van der Waals surface area (Å²) in [4.78, 5) is 0. The van der Waals surface area contributed by atoms with E-state index in [1.165, 1.54) is 25.7 Å². The molecule has 0 saturated carbocycles. The summed E-state index contributed by atoms with van der Waals surface area (Å²) in [6, 6.07) is 0. The second-order valence-corrected chi connectivity index (χ2v) is 9.47. The van der Waals surface area contributed by atoms with E-state index in [1.54, 1.807) is 0 Å². The van der Waals surface area contributed by atoms with Crippen LogP contribution < -0.4 is 0 Å². The van der Waals surface area contributed by atoms with Gasteiger partial charge in [0.15, 0.2) is 0 Å². The lowest BCUT2D eigenvalue weighted by Crippen LogP contribution is -2.15. The fraction of sp³-hybridized carbons (Fsp3) is 1.00. The van der Waals surface area contributed by atoms with Gasteiger partial charge in [-0.1, -0.05) is 25.7 Å². The zero-order valence-electron chi connectivity index (χ0n) is 24.2. The summed E-state index contributed by atoms with van der Waals surface area (Å²) >= 11 is 11.3. The molecule has 0 radical (unpaired) electrons. The molecule has 0 aliphatic heterocycles.